The lowest BCUT2D eigenvalue weighted by Crippen LogP contribution is -2.63. The molecule has 5 fully saturated rings. The molecule has 4 saturated carbocycles. The van der Waals surface area contributed by atoms with E-state index in [4.69, 9.17) is 0 Å². The molecule has 8 nitrogen and oxygen atoms in total. The zero-order chi connectivity index (χ0) is 25.4. The molecule has 0 radical (unpaired) electrons. The van der Waals surface area contributed by atoms with Crippen LogP contribution in [0.5, 0.6) is 0 Å². The quantitative estimate of drug-likeness (QED) is 0.408. The van der Waals surface area contributed by atoms with Crippen LogP contribution in [0.25, 0.3) is 0 Å². The SMILES string of the molecule is O=C(NC12CC3CC(CC(C3)C1)C2)N1CCN(c2ccc([N+](=O)[O-])c(NCCc3ccccc3)c2)CC1. The molecule has 1 saturated heterocycles. The van der Waals surface area contributed by atoms with Gasteiger partial charge in [0.15, 0.2) is 0 Å². The Bertz CT molecular complexity index is 1110. The van der Waals surface area contributed by atoms with Crippen molar-refractivity contribution in [3.63, 3.8) is 0 Å². The third kappa shape index (κ3) is 5.11. The zero-order valence-corrected chi connectivity index (χ0v) is 21.4. The number of nitro benzene ring substituents is 1. The van der Waals surface area contributed by atoms with Crippen molar-refractivity contribution in [2.75, 3.05) is 42.9 Å². The van der Waals surface area contributed by atoms with E-state index in [1.54, 1.807) is 6.07 Å². The van der Waals surface area contributed by atoms with Gasteiger partial charge in [-0.1, -0.05) is 30.3 Å². The molecule has 7 rings (SSSR count). The summed E-state index contributed by atoms with van der Waals surface area (Å²) in [6.45, 7) is 3.37. The van der Waals surface area contributed by atoms with Crippen LogP contribution in [0.3, 0.4) is 0 Å². The molecule has 4 aliphatic carbocycles. The molecule has 2 amide bonds. The van der Waals surface area contributed by atoms with Crippen LogP contribution in [0.2, 0.25) is 0 Å². The first kappa shape index (κ1) is 24.1. The summed E-state index contributed by atoms with van der Waals surface area (Å²) in [5.74, 6) is 2.42. The second-order valence-electron chi connectivity index (χ2n) is 11.7. The maximum absolute atomic E-state index is 13.2. The normalized spacial score (nSPS) is 28.3. The van der Waals surface area contributed by atoms with E-state index in [2.05, 4.69) is 27.7 Å². The van der Waals surface area contributed by atoms with Crippen LogP contribution in [-0.4, -0.2) is 54.1 Å². The van der Waals surface area contributed by atoms with Crippen molar-refractivity contribution in [2.24, 2.45) is 17.8 Å². The number of nitrogens with one attached hydrogen (secondary N) is 2. The fourth-order valence-electron chi connectivity index (χ4n) is 7.75. The second-order valence-corrected chi connectivity index (χ2v) is 11.7. The number of anilines is 2. The summed E-state index contributed by atoms with van der Waals surface area (Å²) in [5, 5.41) is 18.4. The molecule has 1 aliphatic heterocycles. The largest absolute Gasteiger partial charge is 0.379 e. The van der Waals surface area contributed by atoms with Crippen LogP contribution in [0.15, 0.2) is 48.5 Å². The molecule has 0 atom stereocenters. The number of nitrogens with zero attached hydrogens (tertiary/aromatic N) is 3. The number of hydrogen-bond acceptors (Lipinski definition) is 5. The smallest absolute Gasteiger partial charge is 0.317 e. The van der Waals surface area contributed by atoms with E-state index in [9.17, 15) is 14.9 Å². The lowest BCUT2D eigenvalue weighted by atomic mass is 9.53. The Kier molecular flexibility index (Phi) is 6.42. The molecule has 2 aromatic rings. The third-order valence-corrected chi connectivity index (χ3v) is 9.09. The Morgan fingerprint density at radius 2 is 1.59 bits per heavy atom. The summed E-state index contributed by atoms with van der Waals surface area (Å²) in [4.78, 5) is 28.7. The predicted molar refractivity (Wildman–Crippen MR) is 145 cm³/mol. The highest BCUT2D eigenvalue weighted by Gasteiger charge is 2.51. The summed E-state index contributed by atoms with van der Waals surface area (Å²) < 4.78 is 0. The number of carbonyl (C=O) groups is 1. The highest BCUT2D eigenvalue weighted by atomic mass is 16.6. The first-order valence-corrected chi connectivity index (χ1v) is 13.8. The zero-order valence-electron chi connectivity index (χ0n) is 21.4. The number of hydrogen-bond donors (Lipinski definition) is 2. The van der Waals surface area contributed by atoms with Gasteiger partial charge in [-0.25, -0.2) is 4.79 Å². The average molecular weight is 504 g/mol. The van der Waals surface area contributed by atoms with Gasteiger partial charge in [0.05, 0.1) is 4.92 Å². The number of rotatable bonds is 7. The molecule has 2 aromatic carbocycles. The lowest BCUT2D eigenvalue weighted by molar-refractivity contribution is -0.383. The van der Waals surface area contributed by atoms with Crippen LogP contribution in [0.4, 0.5) is 21.9 Å². The van der Waals surface area contributed by atoms with Crippen molar-refractivity contribution in [2.45, 2.75) is 50.5 Å². The van der Waals surface area contributed by atoms with Crippen molar-refractivity contribution >= 4 is 23.1 Å². The van der Waals surface area contributed by atoms with Gasteiger partial charge in [0.2, 0.25) is 0 Å². The molecule has 196 valence electrons. The van der Waals surface area contributed by atoms with Crippen molar-refractivity contribution in [1.82, 2.24) is 10.2 Å². The summed E-state index contributed by atoms with van der Waals surface area (Å²) in [7, 11) is 0. The van der Waals surface area contributed by atoms with E-state index >= 15 is 0 Å². The lowest BCUT2D eigenvalue weighted by Gasteiger charge is -2.57. The molecule has 0 unspecified atom stereocenters. The van der Waals surface area contributed by atoms with Gasteiger partial charge in [-0.3, -0.25) is 10.1 Å². The van der Waals surface area contributed by atoms with Gasteiger partial charge in [0.1, 0.15) is 5.69 Å². The van der Waals surface area contributed by atoms with Gasteiger partial charge in [-0.2, -0.15) is 0 Å². The van der Waals surface area contributed by atoms with E-state index in [-0.39, 0.29) is 22.2 Å². The van der Waals surface area contributed by atoms with E-state index in [0.29, 0.717) is 25.3 Å². The Labute approximate surface area is 218 Å². The van der Waals surface area contributed by atoms with E-state index in [0.717, 1.165) is 62.2 Å². The fraction of sp³-hybridized carbons (Fsp3) is 0.552. The summed E-state index contributed by atoms with van der Waals surface area (Å²) in [6, 6.07) is 15.5. The fourth-order valence-corrected chi connectivity index (χ4v) is 7.75. The Balaban J connectivity index is 1.06. The van der Waals surface area contributed by atoms with Crippen LogP contribution >= 0.6 is 0 Å². The van der Waals surface area contributed by atoms with Crippen molar-refractivity contribution in [1.29, 1.82) is 0 Å². The minimum atomic E-state index is -0.332. The van der Waals surface area contributed by atoms with Crippen molar-refractivity contribution < 1.29 is 9.72 Å². The first-order valence-electron chi connectivity index (χ1n) is 13.8. The van der Waals surface area contributed by atoms with Crippen molar-refractivity contribution in [3.05, 3.63) is 64.2 Å². The standard InChI is InChI=1S/C29H37N5O3/c35-28(31-29-18-22-14-23(19-29)16-24(15-22)20-29)33-12-10-32(11-13-33)25-6-7-27(34(36)37)26(17-25)30-9-8-21-4-2-1-3-5-21/h1-7,17,22-24,30H,8-16,18-20H2,(H,31,35). The van der Waals surface area contributed by atoms with Gasteiger partial charge in [0, 0.05) is 50.0 Å². The maximum atomic E-state index is 13.2. The highest BCUT2D eigenvalue weighted by molar-refractivity contribution is 5.76. The summed E-state index contributed by atoms with van der Waals surface area (Å²) in [6.07, 6.45) is 8.37. The molecule has 8 heteroatoms. The molecule has 1 heterocycles. The van der Waals surface area contributed by atoms with Crippen molar-refractivity contribution in [3.8, 4) is 0 Å². The van der Waals surface area contributed by atoms with Gasteiger partial charge in [-0.05, 0) is 80.4 Å². The number of urea groups is 1. The van der Waals surface area contributed by atoms with E-state index in [1.807, 2.05) is 35.2 Å². The number of nitro groups is 1. The first-order chi connectivity index (χ1) is 18.0. The van der Waals surface area contributed by atoms with Crippen LogP contribution in [-0.2, 0) is 6.42 Å². The summed E-state index contributed by atoms with van der Waals surface area (Å²) in [5.41, 5.74) is 2.80. The number of amides is 2. The number of carbonyl (C=O) groups excluding carboxylic acids is 1. The summed E-state index contributed by atoms with van der Waals surface area (Å²) >= 11 is 0. The molecule has 5 aliphatic rings. The molecule has 4 bridgehead atoms. The van der Waals surface area contributed by atoms with E-state index < -0.39 is 0 Å². The van der Waals surface area contributed by atoms with Crippen LogP contribution < -0.4 is 15.5 Å². The van der Waals surface area contributed by atoms with Crippen LogP contribution in [0, 0.1) is 27.9 Å². The van der Waals surface area contributed by atoms with E-state index in [1.165, 1.54) is 24.8 Å². The van der Waals surface area contributed by atoms with Gasteiger partial charge in [0.25, 0.3) is 5.69 Å². The molecule has 37 heavy (non-hydrogen) atoms. The Morgan fingerprint density at radius 1 is 0.946 bits per heavy atom. The molecule has 2 N–H and O–H groups in total. The van der Waals surface area contributed by atoms with Crippen LogP contribution in [0.1, 0.15) is 44.1 Å². The second kappa shape index (κ2) is 9.88. The Morgan fingerprint density at radius 3 is 2.22 bits per heavy atom. The number of benzene rings is 2. The topological polar surface area (TPSA) is 90.8 Å². The van der Waals surface area contributed by atoms with Gasteiger partial charge < -0.3 is 20.4 Å². The average Bonchev–Trinajstić information content (AvgIpc) is 2.88. The maximum Gasteiger partial charge on any atom is 0.317 e. The molecule has 0 aromatic heterocycles. The van der Waals surface area contributed by atoms with Gasteiger partial charge in [-0.15, -0.1) is 0 Å². The minimum Gasteiger partial charge on any atom is -0.379 e. The molecular weight excluding hydrogens is 466 g/mol. The monoisotopic (exact) mass is 503 g/mol. The molecular formula is C29H37N5O3. The minimum absolute atomic E-state index is 0.0294. The number of piperazine rings is 1. The third-order valence-electron chi connectivity index (χ3n) is 9.09. The molecule has 0 spiro atoms. The Hall–Kier alpha value is -3.29. The highest BCUT2D eigenvalue weighted by Crippen LogP contribution is 2.55. The van der Waals surface area contributed by atoms with Gasteiger partial charge >= 0.3 is 6.03 Å². The predicted octanol–water partition coefficient (Wildman–Crippen LogP) is 5.05.